The van der Waals surface area contributed by atoms with Gasteiger partial charge >= 0.3 is 0 Å². The quantitative estimate of drug-likeness (QED) is 0.759. The molecule has 1 amide bonds. The van der Waals surface area contributed by atoms with Crippen LogP contribution in [0.2, 0.25) is 0 Å². The smallest absolute Gasteiger partial charge is 0.255 e. The molecule has 0 radical (unpaired) electrons. The molecule has 1 atom stereocenters. The average molecular weight is 328 g/mol. The summed E-state index contributed by atoms with van der Waals surface area (Å²) >= 11 is 3.34. The van der Waals surface area contributed by atoms with Crippen LogP contribution in [0.15, 0.2) is 4.60 Å². The second-order valence-electron chi connectivity index (χ2n) is 5.19. The van der Waals surface area contributed by atoms with Crippen molar-refractivity contribution >= 4 is 27.7 Å². The molecule has 104 valence electrons. The zero-order chi connectivity index (χ0) is 13.4. The molecular formula is C12H18BrN5O. The molecule has 1 fully saturated rings. The van der Waals surface area contributed by atoms with E-state index in [1.807, 2.05) is 4.68 Å². The van der Waals surface area contributed by atoms with Crippen LogP contribution >= 0.6 is 15.9 Å². The van der Waals surface area contributed by atoms with Gasteiger partial charge in [0.2, 0.25) is 0 Å². The molecule has 3 rings (SSSR count). The third kappa shape index (κ3) is 2.25. The standard InChI is InChI=1S/C12H18BrN5O/c13-10-9(11(14)19)12-16-6-3-8(18(12)17-10)7-1-4-15-5-2-7/h7-8,15-16H,1-6H2,(H2,14,19)/t8-/m0/s1. The Hall–Kier alpha value is -1.08. The molecule has 1 saturated heterocycles. The molecule has 3 heterocycles. The van der Waals surface area contributed by atoms with Gasteiger partial charge in [-0.05, 0) is 54.2 Å². The highest BCUT2D eigenvalue weighted by atomic mass is 79.9. The van der Waals surface area contributed by atoms with E-state index in [9.17, 15) is 4.79 Å². The van der Waals surface area contributed by atoms with Crippen molar-refractivity contribution in [3.63, 3.8) is 0 Å². The monoisotopic (exact) mass is 327 g/mol. The van der Waals surface area contributed by atoms with Crippen LogP contribution in [-0.2, 0) is 0 Å². The summed E-state index contributed by atoms with van der Waals surface area (Å²) in [4.78, 5) is 11.5. The highest BCUT2D eigenvalue weighted by Crippen LogP contribution is 2.37. The minimum Gasteiger partial charge on any atom is -0.369 e. The zero-order valence-corrected chi connectivity index (χ0v) is 12.2. The Morgan fingerprint density at radius 3 is 2.74 bits per heavy atom. The Bertz CT molecular complexity index is 495. The Balaban J connectivity index is 1.96. The van der Waals surface area contributed by atoms with Crippen LogP contribution in [0.3, 0.4) is 0 Å². The number of carbonyl (C=O) groups is 1. The van der Waals surface area contributed by atoms with E-state index in [-0.39, 0.29) is 0 Å². The predicted molar refractivity (Wildman–Crippen MR) is 76.2 cm³/mol. The molecule has 7 heteroatoms. The lowest BCUT2D eigenvalue weighted by Gasteiger charge is -2.34. The van der Waals surface area contributed by atoms with Crippen LogP contribution in [0.4, 0.5) is 5.82 Å². The number of hydrogen-bond acceptors (Lipinski definition) is 4. The van der Waals surface area contributed by atoms with Gasteiger partial charge in [0.25, 0.3) is 5.91 Å². The fourth-order valence-electron chi connectivity index (χ4n) is 3.16. The zero-order valence-electron chi connectivity index (χ0n) is 10.7. The number of anilines is 1. The van der Waals surface area contributed by atoms with Crippen LogP contribution < -0.4 is 16.4 Å². The maximum absolute atomic E-state index is 11.5. The number of piperidine rings is 1. The second kappa shape index (κ2) is 5.13. The summed E-state index contributed by atoms with van der Waals surface area (Å²) in [6.07, 6.45) is 3.37. The predicted octanol–water partition coefficient (Wildman–Crippen LogP) is 1.10. The lowest BCUT2D eigenvalue weighted by molar-refractivity contribution is 0.1000. The van der Waals surface area contributed by atoms with Crippen molar-refractivity contribution in [2.45, 2.75) is 25.3 Å². The van der Waals surface area contributed by atoms with Gasteiger partial charge in [0, 0.05) is 6.54 Å². The third-order valence-electron chi connectivity index (χ3n) is 4.09. The Kier molecular flexibility index (Phi) is 3.49. The van der Waals surface area contributed by atoms with Gasteiger partial charge in [-0.15, -0.1) is 0 Å². The largest absolute Gasteiger partial charge is 0.369 e. The topological polar surface area (TPSA) is 85.0 Å². The first-order valence-corrected chi connectivity index (χ1v) is 7.50. The number of rotatable bonds is 2. The van der Waals surface area contributed by atoms with Gasteiger partial charge < -0.3 is 16.4 Å². The molecule has 6 nitrogen and oxygen atoms in total. The van der Waals surface area contributed by atoms with Crippen LogP contribution in [0.5, 0.6) is 0 Å². The fourth-order valence-corrected chi connectivity index (χ4v) is 3.71. The van der Waals surface area contributed by atoms with Crippen LogP contribution in [0, 0.1) is 5.92 Å². The van der Waals surface area contributed by atoms with Crippen molar-refractivity contribution in [3.8, 4) is 0 Å². The van der Waals surface area contributed by atoms with Gasteiger partial charge in [0.15, 0.2) is 0 Å². The molecule has 4 N–H and O–H groups in total. The molecular weight excluding hydrogens is 310 g/mol. The van der Waals surface area contributed by atoms with Gasteiger partial charge in [-0.2, -0.15) is 5.10 Å². The molecule has 0 spiro atoms. The van der Waals surface area contributed by atoms with E-state index < -0.39 is 5.91 Å². The molecule has 0 aromatic carbocycles. The van der Waals surface area contributed by atoms with Crippen molar-refractivity contribution in [2.24, 2.45) is 11.7 Å². The normalized spacial score (nSPS) is 23.7. The average Bonchev–Trinajstić information content (AvgIpc) is 2.75. The molecule has 1 aromatic heterocycles. The second-order valence-corrected chi connectivity index (χ2v) is 5.94. The Morgan fingerprint density at radius 1 is 1.32 bits per heavy atom. The maximum Gasteiger partial charge on any atom is 0.255 e. The number of fused-ring (bicyclic) bond motifs is 1. The molecule has 1 aromatic rings. The van der Waals surface area contributed by atoms with Crippen molar-refractivity contribution in [1.82, 2.24) is 15.1 Å². The number of primary amides is 1. The van der Waals surface area contributed by atoms with Gasteiger partial charge in [-0.25, -0.2) is 4.68 Å². The summed E-state index contributed by atoms with van der Waals surface area (Å²) in [6, 6.07) is 0.364. The molecule has 2 aliphatic rings. The van der Waals surface area contributed by atoms with E-state index in [0.29, 0.717) is 22.1 Å². The Morgan fingerprint density at radius 2 is 2.05 bits per heavy atom. The molecule has 0 unspecified atom stereocenters. The number of nitrogens with zero attached hydrogens (tertiary/aromatic N) is 2. The summed E-state index contributed by atoms with van der Waals surface area (Å²) in [5.41, 5.74) is 5.91. The van der Waals surface area contributed by atoms with Crippen LogP contribution in [0.1, 0.15) is 35.7 Å². The number of aromatic nitrogens is 2. The van der Waals surface area contributed by atoms with Gasteiger partial charge in [0.1, 0.15) is 16.0 Å². The fraction of sp³-hybridized carbons (Fsp3) is 0.667. The number of nitrogens with two attached hydrogens (primary N) is 1. The summed E-state index contributed by atoms with van der Waals surface area (Å²) in [5.74, 6) is 0.954. The van der Waals surface area contributed by atoms with Gasteiger partial charge in [-0.3, -0.25) is 4.79 Å². The van der Waals surface area contributed by atoms with Crippen LogP contribution in [-0.4, -0.2) is 35.3 Å². The molecule has 2 aliphatic heterocycles. The lowest BCUT2D eigenvalue weighted by Crippen LogP contribution is -2.36. The van der Waals surface area contributed by atoms with Crippen LogP contribution in [0.25, 0.3) is 0 Å². The highest BCUT2D eigenvalue weighted by Gasteiger charge is 2.33. The molecule has 0 saturated carbocycles. The van der Waals surface area contributed by atoms with E-state index in [0.717, 1.165) is 44.7 Å². The first-order valence-electron chi connectivity index (χ1n) is 6.71. The van der Waals surface area contributed by atoms with E-state index >= 15 is 0 Å². The van der Waals surface area contributed by atoms with E-state index in [4.69, 9.17) is 5.73 Å². The number of amides is 1. The number of nitrogens with one attached hydrogen (secondary N) is 2. The van der Waals surface area contributed by atoms with E-state index in [1.54, 1.807) is 0 Å². The number of halogens is 1. The van der Waals surface area contributed by atoms with Gasteiger partial charge in [-0.1, -0.05) is 0 Å². The first-order chi connectivity index (χ1) is 9.18. The van der Waals surface area contributed by atoms with Crippen molar-refractivity contribution < 1.29 is 4.79 Å². The summed E-state index contributed by atoms with van der Waals surface area (Å²) in [5, 5.41) is 11.1. The maximum atomic E-state index is 11.5. The number of carbonyl (C=O) groups excluding carboxylic acids is 1. The highest BCUT2D eigenvalue weighted by molar-refractivity contribution is 9.10. The summed E-state index contributed by atoms with van der Waals surface area (Å²) in [7, 11) is 0. The van der Waals surface area contributed by atoms with Crippen molar-refractivity contribution in [1.29, 1.82) is 0 Å². The lowest BCUT2D eigenvalue weighted by atomic mass is 9.87. The van der Waals surface area contributed by atoms with Crippen molar-refractivity contribution in [2.75, 3.05) is 25.0 Å². The third-order valence-corrected chi connectivity index (χ3v) is 4.64. The van der Waals surface area contributed by atoms with Crippen molar-refractivity contribution in [3.05, 3.63) is 10.2 Å². The molecule has 0 aliphatic carbocycles. The van der Waals surface area contributed by atoms with E-state index in [2.05, 4.69) is 31.7 Å². The minimum absolute atomic E-state index is 0.364. The summed E-state index contributed by atoms with van der Waals surface area (Å²) < 4.78 is 2.51. The SMILES string of the molecule is NC(=O)c1c(Br)nn2c1NCC[C@H]2C1CCNCC1. The number of hydrogen-bond donors (Lipinski definition) is 3. The first kappa shape index (κ1) is 12.9. The molecule has 19 heavy (non-hydrogen) atoms. The summed E-state index contributed by atoms with van der Waals surface area (Å²) in [6.45, 7) is 3.00. The van der Waals surface area contributed by atoms with Gasteiger partial charge in [0.05, 0.1) is 6.04 Å². The Labute approximate surface area is 120 Å². The van der Waals surface area contributed by atoms with E-state index in [1.165, 1.54) is 0 Å². The molecule has 0 bridgehead atoms. The minimum atomic E-state index is -0.438.